The number of hydrogen-bond donors (Lipinski definition) is 3. The maximum Gasteiger partial charge on any atom is 0.241 e. The highest BCUT2D eigenvalue weighted by Gasteiger charge is 2.30. The molecule has 1 fully saturated rings. The number of amides is 1. The summed E-state index contributed by atoms with van der Waals surface area (Å²) in [7, 11) is -3.98. The summed E-state index contributed by atoms with van der Waals surface area (Å²) >= 11 is 0. The lowest BCUT2D eigenvalue weighted by molar-refractivity contribution is -0.137. The summed E-state index contributed by atoms with van der Waals surface area (Å²) < 4.78 is 34.5. The van der Waals surface area contributed by atoms with E-state index in [1.165, 1.54) is 6.07 Å². The van der Waals surface area contributed by atoms with Gasteiger partial charge >= 0.3 is 0 Å². The number of benzene rings is 3. The van der Waals surface area contributed by atoms with E-state index in [2.05, 4.69) is 4.72 Å². The van der Waals surface area contributed by atoms with Crippen molar-refractivity contribution < 1.29 is 17.9 Å². The van der Waals surface area contributed by atoms with Crippen LogP contribution in [0.25, 0.3) is 10.8 Å². The van der Waals surface area contributed by atoms with Gasteiger partial charge in [-0.05, 0) is 41.0 Å². The van der Waals surface area contributed by atoms with E-state index in [0.717, 1.165) is 10.8 Å². The number of nitrogens with two attached hydrogens (primary N) is 1. The van der Waals surface area contributed by atoms with Crippen LogP contribution in [-0.2, 0) is 26.0 Å². The van der Waals surface area contributed by atoms with Crippen LogP contribution in [-0.4, -0.2) is 57.4 Å². The standard InChI is InChI=1S/C24H26N4O4S/c25-23(26)20-7-3-4-17(14-20)15-22(24(29)28-10-12-32-13-11-28)27-33(30,31)21-9-8-18-5-1-2-6-19(18)16-21/h1-9,14,16,22,27H,10-13,15H2,(H3,25,26)/t22-/m0/s1. The van der Waals surface area contributed by atoms with E-state index in [4.69, 9.17) is 15.9 Å². The molecule has 9 heteroatoms. The molecular formula is C24H26N4O4S. The van der Waals surface area contributed by atoms with Gasteiger partial charge in [0.2, 0.25) is 15.9 Å². The summed E-state index contributed by atoms with van der Waals surface area (Å²) in [6.45, 7) is 1.63. The van der Waals surface area contributed by atoms with Gasteiger partial charge in [0.05, 0.1) is 18.1 Å². The molecule has 172 valence electrons. The van der Waals surface area contributed by atoms with Gasteiger partial charge in [-0.15, -0.1) is 0 Å². The molecule has 1 aliphatic rings. The Kier molecular flexibility index (Phi) is 6.73. The molecule has 0 radical (unpaired) electrons. The van der Waals surface area contributed by atoms with Crippen LogP contribution in [0.3, 0.4) is 0 Å². The molecule has 0 aromatic heterocycles. The van der Waals surface area contributed by atoms with Crippen molar-refractivity contribution in [1.29, 1.82) is 5.41 Å². The topological polar surface area (TPSA) is 126 Å². The third-order valence-corrected chi connectivity index (χ3v) is 7.10. The van der Waals surface area contributed by atoms with Crippen molar-refractivity contribution in [3.63, 3.8) is 0 Å². The molecule has 0 unspecified atom stereocenters. The first-order valence-electron chi connectivity index (χ1n) is 10.6. The van der Waals surface area contributed by atoms with E-state index in [-0.39, 0.29) is 23.1 Å². The lowest BCUT2D eigenvalue weighted by atomic mass is 10.0. The third-order valence-electron chi connectivity index (χ3n) is 5.63. The lowest BCUT2D eigenvalue weighted by Gasteiger charge is -2.30. The van der Waals surface area contributed by atoms with Crippen LogP contribution in [0.5, 0.6) is 0 Å². The Morgan fingerprint density at radius 3 is 2.48 bits per heavy atom. The summed E-state index contributed by atoms with van der Waals surface area (Å²) in [6, 6.07) is 18.3. The highest BCUT2D eigenvalue weighted by atomic mass is 32.2. The summed E-state index contributed by atoms with van der Waals surface area (Å²) in [4.78, 5) is 15.0. The van der Waals surface area contributed by atoms with E-state index in [9.17, 15) is 13.2 Å². The monoisotopic (exact) mass is 466 g/mol. The van der Waals surface area contributed by atoms with Gasteiger partial charge in [0, 0.05) is 18.7 Å². The number of nitrogens with zero attached hydrogens (tertiary/aromatic N) is 1. The van der Waals surface area contributed by atoms with Gasteiger partial charge in [0.15, 0.2) is 0 Å². The quantitative estimate of drug-likeness (QED) is 0.362. The van der Waals surface area contributed by atoms with E-state index in [1.807, 2.05) is 24.3 Å². The SMILES string of the molecule is N=C(N)c1cccc(C[C@H](NS(=O)(=O)c2ccc3ccccc3c2)C(=O)N2CCOCC2)c1. The highest BCUT2D eigenvalue weighted by molar-refractivity contribution is 7.89. The number of amidine groups is 1. The Morgan fingerprint density at radius 1 is 1.03 bits per heavy atom. The second kappa shape index (κ2) is 9.70. The molecule has 1 aliphatic heterocycles. The molecule has 0 spiro atoms. The Balaban J connectivity index is 1.64. The van der Waals surface area contributed by atoms with Crippen LogP contribution in [0.15, 0.2) is 71.6 Å². The van der Waals surface area contributed by atoms with Crippen LogP contribution in [0, 0.1) is 5.41 Å². The summed E-state index contributed by atoms with van der Waals surface area (Å²) in [5.74, 6) is -0.402. The van der Waals surface area contributed by atoms with Gasteiger partial charge < -0.3 is 15.4 Å². The smallest absolute Gasteiger partial charge is 0.241 e. The summed E-state index contributed by atoms with van der Waals surface area (Å²) in [6.07, 6.45) is 0.129. The lowest BCUT2D eigenvalue weighted by Crippen LogP contribution is -2.52. The van der Waals surface area contributed by atoms with Crippen molar-refractivity contribution >= 4 is 32.5 Å². The predicted octanol–water partition coefficient (Wildman–Crippen LogP) is 1.87. The minimum absolute atomic E-state index is 0.0929. The maximum atomic E-state index is 13.3. The zero-order valence-corrected chi connectivity index (χ0v) is 18.8. The molecule has 1 saturated heterocycles. The first kappa shape index (κ1) is 22.9. The minimum Gasteiger partial charge on any atom is -0.384 e. The number of ether oxygens (including phenoxy) is 1. The average molecular weight is 467 g/mol. The number of sulfonamides is 1. The molecule has 1 heterocycles. The summed E-state index contributed by atoms with van der Waals surface area (Å²) in [5, 5.41) is 9.38. The van der Waals surface area contributed by atoms with Gasteiger partial charge in [0.1, 0.15) is 11.9 Å². The number of carbonyl (C=O) groups excluding carboxylic acids is 1. The number of hydrogen-bond acceptors (Lipinski definition) is 5. The van der Waals surface area contributed by atoms with Gasteiger partial charge in [-0.25, -0.2) is 8.42 Å². The number of nitrogen functional groups attached to an aromatic ring is 1. The van der Waals surface area contributed by atoms with Crippen molar-refractivity contribution in [1.82, 2.24) is 9.62 Å². The molecule has 1 atom stereocenters. The average Bonchev–Trinajstić information content (AvgIpc) is 2.83. The molecule has 0 bridgehead atoms. The fourth-order valence-corrected chi connectivity index (χ4v) is 5.10. The molecule has 3 aromatic carbocycles. The van der Waals surface area contributed by atoms with E-state index in [1.54, 1.807) is 41.3 Å². The molecule has 0 saturated carbocycles. The second-order valence-electron chi connectivity index (χ2n) is 7.94. The zero-order chi connectivity index (χ0) is 23.4. The number of fused-ring (bicyclic) bond motifs is 1. The minimum atomic E-state index is -3.98. The Morgan fingerprint density at radius 2 is 1.76 bits per heavy atom. The molecule has 4 N–H and O–H groups in total. The second-order valence-corrected chi connectivity index (χ2v) is 9.65. The molecule has 1 amide bonds. The van der Waals surface area contributed by atoms with E-state index < -0.39 is 16.1 Å². The largest absolute Gasteiger partial charge is 0.384 e. The normalized spacial score (nSPS) is 15.3. The van der Waals surface area contributed by atoms with Crippen molar-refractivity contribution in [2.75, 3.05) is 26.3 Å². The van der Waals surface area contributed by atoms with Gasteiger partial charge in [0.25, 0.3) is 0 Å². The van der Waals surface area contributed by atoms with E-state index in [0.29, 0.717) is 37.4 Å². The van der Waals surface area contributed by atoms with Crippen LogP contribution < -0.4 is 10.5 Å². The first-order valence-corrected chi connectivity index (χ1v) is 12.1. The Hall–Kier alpha value is -3.27. The molecule has 4 rings (SSSR count). The van der Waals surface area contributed by atoms with Crippen molar-refractivity contribution in [3.8, 4) is 0 Å². The molecule has 0 aliphatic carbocycles. The highest BCUT2D eigenvalue weighted by Crippen LogP contribution is 2.20. The van der Waals surface area contributed by atoms with Crippen molar-refractivity contribution in [2.45, 2.75) is 17.4 Å². The molecule has 3 aromatic rings. The van der Waals surface area contributed by atoms with Crippen LogP contribution in [0.4, 0.5) is 0 Å². The Bertz CT molecular complexity index is 1290. The predicted molar refractivity (Wildman–Crippen MR) is 127 cm³/mol. The van der Waals surface area contributed by atoms with Gasteiger partial charge in [-0.3, -0.25) is 10.2 Å². The van der Waals surface area contributed by atoms with Crippen molar-refractivity contribution in [2.24, 2.45) is 5.73 Å². The Labute approximate surface area is 192 Å². The fourth-order valence-electron chi connectivity index (χ4n) is 3.87. The van der Waals surface area contributed by atoms with Gasteiger partial charge in [-0.2, -0.15) is 4.72 Å². The number of nitrogens with one attached hydrogen (secondary N) is 2. The molecule has 33 heavy (non-hydrogen) atoms. The van der Waals surface area contributed by atoms with Crippen LogP contribution in [0.2, 0.25) is 0 Å². The molecular weight excluding hydrogens is 440 g/mol. The molecule has 8 nitrogen and oxygen atoms in total. The fraction of sp³-hybridized carbons (Fsp3) is 0.250. The van der Waals surface area contributed by atoms with Crippen LogP contribution >= 0.6 is 0 Å². The zero-order valence-electron chi connectivity index (χ0n) is 18.0. The third kappa shape index (κ3) is 5.39. The van der Waals surface area contributed by atoms with Crippen LogP contribution in [0.1, 0.15) is 11.1 Å². The number of carbonyl (C=O) groups is 1. The number of morpholine rings is 1. The maximum absolute atomic E-state index is 13.3. The van der Waals surface area contributed by atoms with E-state index >= 15 is 0 Å². The summed E-state index contributed by atoms with van der Waals surface area (Å²) in [5.41, 5.74) is 6.82. The first-order chi connectivity index (χ1) is 15.8. The number of rotatable bonds is 7. The van der Waals surface area contributed by atoms with Gasteiger partial charge in [-0.1, -0.05) is 48.5 Å². The van der Waals surface area contributed by atoms with Crippen molar-refractivity contribution in [3.05, 3.63) is 77.9 Å².